The summed E-state index contributed by atoms with van der Waals surface area (Å²) in [5.41, 5.74) is 7.22. The number of nitrogens with two attached hydrogens (primary N) is 1. The fourth-order valence-electron chi connectivity index (χ4n) is 1.86. The van der Waals surface area contributed by atoms with Gasteiger partial charge in [-0.2, -0.15) is 4.68 Å². The maximum atomic E-state index is 14.0. The first-order valence-corrected chi connectivity index (χ1v) is 7.02. The van der Waals surface area contributed by atoms with Crippen LogP contribution < -0.4 is 5.73 Å². The first-order valence-electron chi connectivity index (χ1n) is 5.85. The molecule has 1 heterocycles. The summed E-state index contributed by atoms with van der Waals surface area (Å²) >= 11 is 9.22. The quantitative estimate of drug-likeness (QED) is 0.703. The van der Waals surface area contributed by atoms with E-state index in [0.29, 0.717) is 22.1 Å². The predicted molar refractivity (Wildman–Crippen MR) is 81.7 cm³/mol. The van der Waals surface area contributed by atoms with Crippen molar-refractivity contribution in [1.29, 1.82) is 0 Å². The molecule has 0 radical (unpaired) electrons. The Morgan fingerprint density at radius 3 is 2.76 bits per heavy atom. The van der Waals surface area contributed by atoms with Crippen LogP contribution in [-0.4, -0.2) is 20.2 Å². The number of rotatable bonds is 2. The molecule has 0 saturated heterocycles. The number of halogens is 3. The second-order valence-electron chi connectivity index (χ2n) is 4.25. The number of hydrogen-bond donors (Lipinski definition) is 1. The van der Waals surface area contributed by atoms with E-state index >= 15 is 0 Å². The van der Waals surface area contributed by atoms with E-state index in [1.54, 1.807) is 18.2 Å². The molecule has 8 heteroatoms. The van der Waals surface area contributed by atoms with Gasteiger partial charge < -0.3 is 5.73 Å². The number of hydrogen-bond acceptors (Lipinski definition) is 4. The van der Waals surface area contributed by atoms with Crippen LogP contribution in [0.25, 0.3) is 17.1 Å². The number of aromatic nitrogens is 4. The van der Waals surface area contributed by atoms with E-state index in [0.717, 1.165) is 4.47 Å². The monoisotopic (exact) mass is 367 g/mol. The van der Waals surface area contributed by atoms with E-state index in [1.807, 2.05) is 0 Å². The Hall–Kier alpha value is -1.99. The van der Waals surface area contributed by atoms with Crippen molar-refractivity contribution in [3.05, 3.63) is 51.7 Å². The van der Waals surface area contributed by atoms with Gasteiger partial charge in [0.2, 0.25) is 0 Å². The van der Waals surface area contributed by atoms with E-state index in [-0.39, 0.29) is 5.69 Å². The Morgan fingerprint density at radius 2 is 2.00 bits per heavy atom. The highest BCUT2D eigenvalue weighted by Gasteiger charge is 2.15. The van der Waals surface area contributed by atoms with Gasteiger partial charge in [0.1, 0.15) is 11.5 Å². The highest BCUT2D eigenvalue weighted by Crippen LogP contribution is 2.28. The molecule has 0 aliphatic carbocycles. The third-order valence-corrected chi connectivity index (χ3v) is 3.82. The van der Waals surface area contributed by atoms with Gasteiger partial charge in [0.05, 0.1) is 0 Å². The molecule has 0 atom stereocenters. The van der Waals surface area contributed by atoms with Gasteiger partial charge >= 0.3 is 0 Å². The fraction of sp³-hybridized carbons (Fsp3) is 0. The largest absolute Gasteiger partial charge is 0.398 e. The summed E-state index contributed by atoms with van der Waals surface area (Å²) in [6.07, 6.45) is 0. The second kappa shape index (κ2) is 5.42. The van der Waals surface area contributed by atoms with Gasteiger partial charge in [-0.15, -0.1) is 5.10 Å². The van der Waals surface area contributed by atoms with Crippen molar-refractivity contribution in [3.63, 3.8) is 0 Å². The fourth-order valence-corrected chi connectivity index (χ4v) is 2.27. The normalized spacial score (nSPS) is 10.8. The first kappa shape index (κ1) is 14.0. The van der Waals surface area contributed by atoms with Crippen molar-refractivity contribution in [2.24, 2.45) is 0 Å². The summed E-state index contributed by atoms with van der Waals surface area (Å²) in [7, 11) is 0. The van der Waals surface area contributed by atoms with E-state index in [2.05, 4.69) is 31.5 Å². The third-order valence-electron chi connectivity index (χ3n) is 2.86. The highest BCUT2D eigenvalue weighted by molar-refractivity contribution is 9.10. The highest BCUT2D eigenvalue weighted by atomic mass is 79.9. The van der Waals surface area contributed by atoms with Gasteiger partial charge in [-0.1, -0.05) is 11.6 Å². The molecule has 0 fully saturated rings. The standard InChI is InChI=1S/C13H8BrClFN5/c14-9-3-1-7(5-11(9)17)13-18-19-20-21(13)12-6-8(15)2-4-10(12)16/h1-6H,17H2. The zero-order valence-electron chi connectivity index (χ0n) is 10.5. The minimum Gasteiger partial charge on any atom is -0.398 e. The molecule has 0 bridgehead atoms. The number of nitrogens with zero attached hydrogens (tertiary/aromatic N) is 4. The lowest BCUT2D eigenvalue weighted by Gasteiger charge is -2.07. The van der Waals surface area contributed by atoms with Crippen LogP contribution in [0.4, 0.5) is 10.1 Å². The van der Waals surface area contributed by atoms with E-state index < -0.39 is 5.82 Å². The van der Waals surface area contributed by atoms with Crippen molar-refractivity contribution < 1.29 is 4.39 Å². The number of anilines is 1. The molecule has 0 spiro atoms. The molecule has 21 heavy (non-hydrogen) atoms. The average Bonchev–Trinajstić information content (AvgIpc) is 2.93. The molecule has 0 amide bonds. The lowest BCUT2D eigenvalue weighted by Crippen LogP contribution is -2.03. The summed E-state index contributed by atoms with van der Waals surface area (Å²) in [5.74, 6) is -0.103. The Morgan fingerprint density at radius 1 is 1.19 bits per heavy atom. The van der Waals surface area contributed by atoms with Crippen LogP contribution in [0.15, 0.2) is 40.9 Å². The smallest absolute Gasteiger partial charge is 0.187 e. The zero-order chi connectivity index (χ0) is 15.0. The Kier molecular flexibility index (Phi) is 3.60. The van der Waals surface area contributed by atoms with Gasteiger partial charge in [0, 0.05) is 20.7 Å². The van der Waals surface area contributed by atoms with Crippen LogP contribution in [0.2, 0.25) is 5.02 Å². The van der Waals surface area contributed by atoms with Crippen molar-refractivity contribution in [2.75, 3.05) is 5.73 Å². The Bertz CT molecular complexity index is 820. The van der Waals surface area contributed by atoms with Crippen LogP contribution in [-0.2, 0) is 0 Å². The van der Waals surface area contributed by atoms with Gasteiger partial charge in [-0.3, -0.25) is 0 Å². The molecule has 2 aromatic carbocycles. The van der Waals surface area contributed by atoms with Crippen molar-refractivity contribution >= 4 is 33.2 Å². The zero-order valence-corrected chi connectivity index (χ0v) is 12.8. The summed E-state index contributed by atoms with van der Waals surface area (Å²) in [5, 5.41) is 11.7. The van der Waals surface area contributed by atoms with Gasteiger partial charge in [-0.25, -0.2) is 4.39 Å². The molecule has 1 aromatic heterocycles. The molecular weight excluding hydrogens is 361 g/mol. The lowest BCUT2D eigenvalue weighted by atomic mass is 10.2. The summed E-state index contributed by atoms with van der Waals surface area (Å²) in [6, 6.07) is 9.44. The van der Waals surface area contributed by atoms with Crippen LogP contribution >= 0.6 is 27.5 Å². The molecule has 106 valence electrons. The van der Waals surface area contributed by atoms with Crippen molar-refractivity contribution in [1.82, 2.24) is 20.2 Å². The van der Waals surface area contributed by atoms with Gasteiger partial charge in [0.15, 0.2) is 5.82 Å². The van der Waals surface area contributed by atoms with E-state index in [4.69, 9.17) is 17.3 Å². The predicted octanol–water partition coefficient (Wildman–Crippen LogP) is 3.47. The molecule has 3 aromatic rings. The number of benzene rings is 2. The Labute approximate surface area is 132 Å². The molecule has 0 saturated carbocycles. The SMILES string of the molecule is Nc1cc(-c2nnnn2-c2cc(Cl)ccc2F)ccc1Br. The summed E-state index contributed by atoms with van der Waals surface area (Å²) < 4.78 is 16.0. The molecule has 0 unspecified atom stereocenters. The minimum absolute atomic E-state index is 0.170. The molecule has 2 N–H and O–H groups in total. The average molecular weight is 369 g/mol. The van der Waals surface area contributed by atoms with Crippen LogP contribution in [0, 0.1) is 5.82 Å². The maximum Gasteiger partial charge on any atom is 0.187 e. The Balaban J connectivity index is 2.17. The third kappa shape index (κ3) is 2.62. The van der Waals surface area contributed by atoms with Gasteiger partial charge in [-0.05, 0) is 62.8 Å². The molecule has 3 rings (SSSR count). The van der Waals surface area contributed by atoms with E-state index in [1.165, 1.54) is 22.9 Å². The molecular formula is C13H8BrClFN5. The topological polar surface area (TPSA) is 69.6 Å². The molecule has 0 aliphatic heterocycles. The van der Waals surface area contributed by atoms with Crippen molar-refractivity contribution in [2.45, 2.75) is 0 Å². The number of tetrazole rings is 1. The molecule has 0 aliphatic rings. The van der Waals surface area contributed by atoms with Gasteiger partial charge in [0.25, 0.3) is 0 Å². The summed E-state index contributed by atoms with van der Waals surface area (Å²) in [6.45, 7) is 0. The second-order valence-corrected chi connectivity index (χ2v) is 5.54. The first-order chi connectivity index (χ1) is 10.1. The summed E-state index contributed by atoms with van der Waals surface area (Å²) in [4.78, 5) is 0. The van der Waals surface area contributed by atoms with Crippen LogP contribution in [0.3, 0.4) is 0 Å². The molecule has 5 nitrogen and oxygen atoms in total. The van der Waals surface area contributed by atoms with Crippen LogP contribution in [0.1, 0.15) is 0 Å². The maximum absolute atomic E-state index is 14.0. The minimum atomic E-state index is -0.474. The van der Waals surface area contributed by atoms with Crippen molar-refractivity contribution in [3.8, 4) is 17.1 Å². The number of nitrogen functional groups attached to an aromatic ring is 1. The van der Waals surface area contributed by atoms with Crippen LogP contribution in [0.5, 0.6) is 0 Å². The lowest BCUT2D eigenvalue weighted by molar-refractivity contribution is 0.608. The van der Waals surface area contributed by atoms with E-state index in [9.17, 15) is 4.39 Å².